The van der Waals surface area contributed by atoms with Crippen LogP contribution >= 0.6 is 0 Å². The van der Waals surface area contributed by atoms with Gasteiger partial charge >= 0.3 is 0 Å². The van der Waals surface area contributed by atoms with Gasteiger partial charge in [0.05, 0.1) is 0 Å². The fourth-order valence-electron chi connectivity index (χ4n) is 4.57. The Morgan fingerprint density at radius 1 is 1.10 bits per heavy atom. The lowest BCUT2D eigenvalue weighted by Gasteiger charge is -2.44. The molecule has 0 bridgehead atoms. The first-order chi connectivity index (χ1) is 9.75. The summed E-state index contributed by atoms with van der Waals surface area (Å²) in [7, 11) is 0. The van der Waals surface area contributed by atoms with Crippen molar-refractivity contribution in [3.05, 3.63) is 0 Å². The Balaban J connectivity index is 1.95. The summed E-state index contributed by atoms with van der Waals surface area (Å²) in [5.74, 6) is 0.908. The third-order valence-electron chi connectivity index (χ3n) is 6.15. The van der Waals surface area contributed by atoms with Gasteiger partial charge in [-0.15, -0.1) is 0 Å². The van der Waals surface area contributed by atoms with E-state index in [0.29, 0.717) is 16.9 Å². The number of likely N-dealkylation sites (tertiary alicyclic amines) is 1. The third kappa shape index (κ3) is 4.01. The van der Waals surface area contributed by atoms with E-state index in [0.717, 1.165) is 12.0 Å². The van der Waals surface area contributed by atoms with Gasteiger partial charge in [0, 0.05) is 12.1 Å². The van der Waals surface area contributed by atoms with Gasteiger partial charge in [0.15, 0.2) is 0 Å². The molecule has 21 heavy (non-hydrogen) atoms. The van der Waals surface area contributed by atoms with Crippen LogP contribution in [0.3, 0.4) is 0 Å². The Morgan fingerprint density at radius 3 is 2.24 bits per heavy atom. The van der Waals surface area contributed by atoms with Crippen LogP contribution in [-0.2, 0) is 0 Å². The molecule has 2 rings (SSSR count). The van der Waals surface area contributed by atoms with E-state index in [9.17, 15) is 0 Å². The first-order valence-electron chi connectivity index (χ1n) is 9.23. The maximum absolute atomic E-state index is 3.87. The lowest BCUT2D eigenvalue weighted by Crippen LogP contribution is -2.54. The van der Waals surface area contributed by atoms with Crippen molar-refractivity contribution in [3.63, 3.8) is 0 Å². The highest BCUT2D eigenvalue weighted by molar-refractivity contribution is 5.02. The van der Waals surface area contributed by atoms with Crippen molar-refractivity contribution < 1.29 is 0 Å². The Hall–Kier alpha value is -0.0800. The first kappa shape index (κ1) is 17.3. The lowest BCUT2D eigenvalue weighted by molar-refractivity contribution is 0.0665. The highest BCUT2D eigenvalue weighted by Crippen LogP contribution is 2.42. The topological polar surface area (TPSA) is 15.3 Å². The molecule has 124 valence electrons. The molecule has 0 spiro atoms. The van der Waals surface area contributed by atoms with Crippen molar-refractivity contribution >= 4 is 0 Å². The van der Waals surface area contributed by atoms with E-state index >= 15 is 0 Å². The van der Waals surface area contributed by atoms with Crippen molar-refractivity contribution in [1.29, 1.82) is 0 Å². The molecule has 2 atom stereocenters. The Morgan fingerprint density at radius 2 is 1.71 bits per heavy atom. The van der Waals surface area contributed by atoms with Gasteiger partial charge in [0.25, 0.3) is 0 Å². The maximum Gasteiger partial charge on any atom is 0.0274 e. The average Bonchev–Trinajstić information content (AvgIpc) is 2.71. The second-order valence-corrected chi connectivity index (χ2v) is 9.20. The highest BCUT2D eigenvalue weighted by Gasteiger charge is 2.44. The summed E-state index contributed by atoms with van der Waals surface area (Å²) in [4.78, 5) is 2.81. The van der Waals surface area contributed by atoms with Crippen molar-refractivity contribution in [3.8, 4) is 0 Å². The summed E-state index contributed by atoms with van der Waals surface area (Å²) < 4.78 is 0. The average molecular weight is 295 g/mol. The Labute approximate surface area is 133 Å². The lowest BCUT2D eigenvalue weighted by atomic mass is 9.75. The largest absolute Gasteiger partial charge is 0.312 e. The van der Waals surface area contributed by atoms with E-state index < -0.39 is 0 Å². The molecule has 0 aromatic carbocycles. The monoisotopic (exact) mass is 294 g/mol. The smallest absolute Gasteiger partial charge is 0.0274 e. The van der Waals surface area contributed by atoms with Crippen molar-refractivity contribution in [2.45, 2.75) is 85.7 Å². The minimum atomic E-state index is 0.459. The molecule has 1 aliphatic carbocycles. The van der Waals surface area contributed by atoms with Gasteiger partial charge in [-0.05, 0) is 68.5 Å². The molecular formula is C19H38N2. The number of nitrogens with zero attached hydrogens (tertiary/aromatic N) is 1. The molecular weight excluding hydrogens is 256 g/mol. The molecule has 2 heteroatoms. The van der Waals surface area contributed by atoms with Crippen LogP contribution < -0.4 is 5.32 Å². The summed E-state index contributed by atoms with van der Waals surface area (Å²) in [6.45, 7) is 18.2. The molecule has 2 fully saturated rings. The van der Waals surface area contributed by atoms with Crippen LogP contribution in [0.15, 0.2) is 0 Å². The van der Waals surface area contributed by atoms with E-state index in [1.165, 1.54) is 51.7 Å². The molecule has 0 aromatic heterocycles. The second kappa shape index (κ2) is 6.58. The first-order valence-corrected chi connectivity index (χ1v) is 9.23. The molecule has 1 saturated heterocycles. The third-order valence-corrected chi connectivity index (χ3v) is 6.15. The fraction of sp³-hybridized carbons (Fsp3) is 1.00. The van der Waals surface area contributed by atoms with E-state index in [4.69, 9.17) is 0 Å². The zero-order valence-corrected chi connectivity index (χ0v) is 15.3. The summed E-state index contributed by atoms with van der Waals surface area (Å²) in [5, 5.41) is 3.87. The summed E-state index contributed by atoms with van der Waals surface area (Å²) in [6, 6.07) is 1.45. The van der Waals surface area contributed by atoms with E-state index in [-0.39, 0.29) is 0 Å². The molecule has 1 saturated carbocycles. The van der Waals surface area contributed by atoms with E-state index in [1.807, 2.05) is 0 Å². The maximum atomic E-state index is 3.87. The molecule has 0 radical (unpaired) electrons. The predicted octanol–water partition coefficient (Wildman–Crippen LogP) is 4.30. The quantitative estimate of drug-likeness (QED) is 0.831. The van der Waals surface area contributed by atoms with Crippen LogP contribution in [-0.4, -0.2) is 36.6 Å². The standard InChI is InChI=1S/C19H38N2/c1-7-12-20-17-16(8-11-19(17,5)6)21-13-9-15(10-14-21)18(2,3)4/h15-17,20H,7-14H2,1-6H3. The molecule has 2 aliphatic rings. The van der Waals surface area contributed by atoms with Crippen molar-refractivity contribution in [2.24, 2.45) is 16.7 Å². The molecule has 2 unspecified atom stereocenters. The number of hydrogen-bond acceptors (Lipinski definition) is 2. The molecule has 1 aliphatic heterocycles. The molecule has 1 N–H and O–H groups in total. The SMILES string of the molecule is CCCNC1C(N2CCC(C(C)(C)C)CC2)CCC1(C)C. The van der Waals surface area contributed by atoms with Crippen LogP contribution in [0.5, 0.6) is 0 Å². The number of hydrogen-bond donors (Lipinski definition) is 1. The summed E-state index contributed by atoms with van der Waals surface area (Å²) in [5.41, 5.74) is 0.946. The van der Waals surface area contributed by atoms with Gasteiger partial charge in [-0.2, -0.15) is 0 Å². The highest BCUT2D eigenvalue weighted by atomic mass is 15.2. The zero-order valence-electron chi connectivity index (χ0n) is 15.3. The predicted molar refractivity (Wildman–Crippen MR) is 92.6 cm³/mol. The number of rotatable bonds is 4. The zero-order chi connectivity index (χ0) is 15.7. The van der Waals surface area contributed by atoms with E-state index in [1.54, 1.807) is 0 Å². The van der Waals surface area contributed by atoms with Crippen LogP contribution in [0.4, 0.5) is 0 Å². The molecule has 2 nitrogen and oxygen atoms in total. The van der Waals surface area contributed by atoms with Crippen molar-refractivity contribution in [1.82, 2.24) is 10.2 Å². The van der Waals surface area contributed by atoms with Gasteiger partial charge in [0.2, 0.25) is 0 Å². The van der Waals surface area contributed by atoms with Crippen LogP contribution in [0.1, 0.15) is 73.6 Å². The van der Waals surface area contributed by atoms with E-state index in [2.05, 4.69) is 51.8 Å². The molecule has 0 amide bonds. The van der Waals surface area contributed by atoms with Crippen LogP contribution in [0.2, 0.25) is 0 Å². The van der Waals surface area contributed by atoms with Gasteiger partial charge in [0.1, 0.15) is 0 Å². The number of nitrogens with one attached hydrogen (secondary N) is 1. The molecule has 0 aromatic rings. The summed E-state index contributed by atoms with van der Waals surface area (Å²) in [6.07, 6.45) is 6.78. The Kier molecular flexibility index (Phi) is 5.41. The van der Waals surface area contributed by atoms with Gasteiger partial charge in [-0.3, -0.25) is 4.90 Å². The molecule has 1 heterocycles. The van der Waals surface area contributed by atoms with Gasteiger partial charge in [-0.25, -0.2) is 0 Å². The Bertz CT molecular complexity index is 321. The van der Waals surface area contributed by atoms with Crippen LogP contribution in [0, 0.1) is 16.7 Å². The fourth-order valence-corrected chi connectivity index (χ4v) is 4.57. The van der Waals surface area contributed by atoms with Gasteiger partial charge in [-0.1, -0.05) is 41.5 Å². The minimum absolute atomic E-state index is 0.459. The van der Waals surface area contributed by atoms with Crippen LogP contribution in [0.25, 0.3) is 0 Å². The summed E-state index contributed by atoms with van der Waals surface area (Å²) >= 11 is 0. The minimum Gasteiger partial charge on any atom is -0.312 e. The van der Waals surface area contributed by atoms with Gasteiger partial charge < -0.3 is 5.32 Å². The second-order valence-electron chi connectivity index (χ2n) is 9.20. The normalized spacial score (nSPS) is 31.7. The van der Waals surface area contributed by atoms with Crippen molar-refractivity contribution in [2.75, 3.05) is 19.6 Å². The number of piperidine rings is 1.